The lowest BCUT2D eigenvalue weighted by atomic mass is 10.1. The number of carbonyl (C=O) groups is 1. The summed E-state index contributed by atoms with van der Waals surface area (Å²) in [6.45, 7) is 5.91. The predicted octanol–water partition coefficient (Wildman–Crippen LogP) is 3.53. The summed E-state index contributed by atoms with van der Waals surface area (Å²) in [5.74, 6) is 1.43. The Hall–Kier alpha value is -1.43. The van der Waals surface area contributed by atoms with Gasteiger partial charge >= 0.3 is 6.09 Å². The van der Waals surface area contributed by atoms with Gasteiger partial charge < -0.3 is 19.5 Å². The molecule has 5 nitrogen and oxygen atoms in total. The van der Waals surface area contributed by atoms with Gasteiger partial charge in [0.1, 0.15) is 17.1 Å². The number of ether oxygens (including phenoxy) is 3. The fourth-order valence-electron chi connectivity index (χ4n) is 1.80. The first-order valence-corrected chi connectivity index (χ1v) is 7.43. The number of hydrogen-bond acceptors (Lipinski definition) is 4. The fraction of sp³-hybridized carbons (Fsp3) is 0.533. The van der Waals surface area contributed by atoms with Crippen LogP contribution in [-0.2, 0) is 11.2 Å². The van der Waals surface area contributed by atoms with Crippen LogP contribution in [0.4, 0.5) is 4.79 Å². The van der Waals surface area contributed by atoms with Gasteiger partial charge in [-0.1, -0.05) is 15.9 Å². The SMILES string of the molecule is COc1cc(Br)cc(OC)c1CCNC(=O)OC(C)(C)C. The van der Waals surface area contributed by atoms with E-state index in [1.54, 1.807) is 14.2 Å². The molecule has 0 radical (unpaired) electrons. The van der Waals surface area contributed by atoms with Crippen molar-refractivity contribution in [1.29, 1.82) is 0 Å². The van der Waals surface area contributed by atoms with Gasteiger partial charge in [0, 0.05) is 16.6 Å². The summed E-state index contributed by atoms with van der Waals surface area (Å²) in [4.78, 5) is 11.6. The van der Waals surface area contributed by atoms with Gasteiger partial charge in [0.25, 0.3) is 0 Å². The normalized spacial score (nSPS) is 11.0. The van der Waals surface area contributed by atoms with Crippen molar-refractivity contribution in [3.05, 3.63) is 22.2 Å². The van der Waals surface area contributed by atoms with Crippen molar-refractivity contribution in [2.45, 2.75) is 32.8 Å². The van der Waals surface area contributed by atoms with E-state index in [2.05, 4.69) is 21.2 Å². The molecule has 0 spiro atoms. The number of methoxy groups -OCH3 is 2. The number of hydrogen-bond donors (Lipinski definition) is 1. The molecule has 0 aliphatic rings. The summed E-state index contributed by atoms with van der Waals surface area (Å²) in [6, 6.07) is 3.73. The molecule has 0 saturated carbocycles. The van der Waals surface area contributed by atoms with Crippen LogP contribution < -0.4 is 14.8 Å². The van der Waals surface area contributed by atoms with Crippen molar-refractivity contribution in [1.82, 2.24) is 5.32 Å². The van der Waals surface area contributed by atoms with Crippen LogP contribution in [0, 0.1) is 0 Å². The Kier molecular flexibility index (Phi) is 6.33. The van der Waals surface area contributed by atoms with E-state index in [1.165, 1.54) is 0 Å². The Balaban J connectivity index is 2.69. The molecular formula is C15H22BrNO4. The number of alkyl carbamates (subject to hydrolysis) is 1. The van der Waals surface area contributed by atoms with Gasteiger partial charge in [0.15, 0.2) is 0 Å². The second-order valence-corrected chi connectivity index (χ2v) is 6.38. The van der Waals surface area contributed by atoms with E-state index >= 15 is 0 Å². The zero-order chi connectivity index (χ0) is 16.0. The predicted molar refractivity (Wildman–Crippen MR) is 85.2 cm³/mol. The second kappa shape index (κ2) is 7.54. The second-order valence-electron chi connectivity index (χ2n) is 5.47. The van der Waals surface area contributed by atoms with Crippen LogP contribution >= 0.6 is 15.9 Å². The first kappa shape index (κ1) is 17.6. The van der Waals surface area contributed by atoms with Crippen LogP contribution in [-0.4, -0.2) is 32.5 Å². The van der Waals surface area contributed by atoms with Crippen molar-refractivity contribution < 1.29 is 19.0 Å². The lowest BCUT2D eigenvalue weighted by Crippen LogP contribution is -2.33. The van der Waals surface area contributed by atoms with Crippen LogP contribution in [0.15, 0.2) is 16.6 Å². The average molecular weight is 360 g/mol. The number of rotatable bonds is 5. The highest BCUT2D eigenvalue weighted by Crippen LogP contribution is 2.33. The van der Waals surface area contributed by atoms with Crippen molar-refractivity contribution in [3.63, 3.8) is 0 Å². The molecule has 0 bridgehead atoms. The molecule has 0 heterocycles. The molecular weight excluding hydrogens is 338 g/mol. The maximum Gasteiger partial charge on any atom is 0.407 e. The summed E-state index contributed by atoms with van der Waals surface area (Å²) >= 11 is 3.40. The standard InChI is InChI=1S/C15H22BrNO4/c1-15(2,3)21-14(18)17-7-6-11-12(19-4)8-10(16)9-13(11)20-5/h8-9H,6-7H2,1-5H3,(H,17,18). The number of benzene rings is 1. The molecule has 21 heavy (non-hydrogen) atoms. The molecule has 0 saturated heterocycles. The molecule has 0 unspecified atom stereocenters. The molecule has 1 amide bonds. The molecule has 0 aliphatic heterocycles. The third-order valence-electron chi connectivity index (χ3n) is 2.62. The molecule has 0 aromatic heterocycles. The first-order valence-electron chi connectivity index (χ1n) is 6.64. The Labute approximate surface area is 134 Å². The maximum absolute atomic E-state index is 11.6. The molecule has 1 aromatic rings. The highest BCUT2D eigenvalue weighted by atomic mass is 79.9. The molecule has 1 N–H and O–H groups in total. The van der Waals surface area contributed by atoms with E-state index in [-0.39, 0.29) is 0 Å². The first-order chi connectivity index (χ1) is 9.76. The van der Waals surface area contributed by atoms with Gasteiger partial charge in [0.2, 0.25) is 0 Å². The summed E-state index contributed by atoms with van der Waals surface area (Å²) in [5, 5.41) is 2.72. The molecule has 0 atom stereocenters. The van der Waals surface area contributed by atoms with Crippen molar-refractivity contribution in [3.8, 4) is 11.5 Å². The molecule has 6 heteroatoms. The van der Waals surface area contributed by atoms with Gasteiger partial charge in [-0.05, 0) is 39.3 Å². The van der Waals surface area contributed by atoms with Gasteiger partial charge in [-0.25, -0.2) is 4.79 Å². The highest BCUT2D eigenvalue weighted by Gasteiger charge is 2.16. The minimum absolute atomic E-state index is 0.433. The largest absolute Gasteiger partial charge is 0.496 e. The minimum Gasteiger partial charge on any atom is -0.496 e. The summed E-state index contributed by atoms with van der Waals surface area (Å²) in [5.41, 5.74) is 0.399. The summed E-state index contributed by atoms with van der Waals surface area (Å²) in [7, 11) is 3.21. The lowest BCUT2D eigenvalue weighted by Gasteiger charge is -2.20. The van der Waals surface area contributed by atoms with E-state index in [0.29, 0.717) is 24.5 Å². The van der Waals surface area contributed by atoms with Crippen LogP contribution in [0.1, 0.15) is 26.3 Å². The van der Waals surface area contributed by atoms with Crippen LogP contribution in [0.2, 0.25) is 0 Å². The zero-order valence-electron chi connectivity index (χ0n) is 13.1. The number of halogens is 1. The highest BCUT2D eigenvalue weighted by molar-refractivity contribution is 9.10. The number of nitrogens with one attached hydrogen (secondary N) is 1. The molecule has 1 rings (SSSR count). The van der Waals surface area contributed by atoms with Crippen LogP contribution in [0.3, 0.4) is 0 Å². The van der Waals surface area contributed by atoms with Crippen molar-refractivity contribution >= 4 is 22.0 Å². The van der Waals surface area contributed by atoms with E-state index in [0.717, 1.165) is 10.0 Å². The molecule has 0 aliphatic carbocycles. The van der Waals surface area contributed by atoms with Gasteiger partial charge in [-0.3, -0.25) is 0 Å². The maximum atomic E-state index is 11.6. The van der Waals surface area contributed by atoms with E-state index in [9.17, 15) is 4.79 Å². The summed E-state index contributed by atoms with van der Waals surface area (Å²) in [6.07, 6.45) is 0.149. The fourth-order valence-corrected chi connectivity index (χ4v) is 2.22. The Bertz CT molecular complexity index is 472. The molecule has 118 valence electrons. The van der Waals surface area contributed by atoms with Crippen molar-refractivity contribution in [2.24, 2.45) is 0 Å². The van der Waals surface area contributed by atoms with Crippen LogP contribution in [0.25, 0.3) is 0 Å². The van der Waals surface area contributed by atoms with Gasteiger partial charge in [-0.2, -0.15) is 0 Å². The third kappa shape index (κ3) is 5.83. The van der Waals surface area contributed by atoms with Gasteiger partial charge in [-0.15, -0.1) is 0 Å². The minimum atomic E-state index is -0.503. The third-order valence-corrected chi connectivity index (χ3v) is 3.07. The van der Waals surface area contributed by atoms with E-state index in [1.807, 2.05) is 32.9 Å². The topological polar surface area (TPSA) is 56.8 Å². The van der Waals surface area contributed by atoms with E-state index < -0.39 is 11.7 Å². The van der Waals surface area contributed by atoms with Crippen LogP contribution in [0.5, 0.6) is 11.5 Å². The number of carbonyl (C=O) groups excluding carboxylic acids is 1. The van der Waals surface area contributed by atoms with E-state index in [4.69, 9.17) is 14.2 Å². The van der Waals surface area contributed by atoms with Gasteiger partial charge in [0.05, 0.1) is 14.2 Å². The lowest BCUT2D eigenvalue weighted by molar-refractivity contribution is 0.0528. The quantitative estimate of drug-likeness (QED) is 0.873. The molecule has 1 aromatic carbocycles. The zero-order valence-corrected chi connectivity index (χ0v) is 14.7. The Morgan fingerprint density at radius 3 is 2.14 bits per heavy atom. The number of amides is 1. The Morgan fingerprint density at radius 2 is 1.71 bits per heavy atom. The van der Waals surface area contributed by atoms with Crippen molar-refractivity contribution in [2.75, 3.05) is 20.8 Å². The molecule has 0 fully saturated rings. The average Bonchev–Trinajstić information content (AvgIpc) is 2.37. The monoisotopic (exact) mass is 359 g/mol. The Morgan fingerprint density at radius 1 is 1.19 bits per heavy atom. The summed E-state index contributed by atoms with van der Waals surface area (Å²) < 4.78 is 16.8. The smallest absolute Gasteiger partial charge is 0.407 e.